The highest BCUT2D eigenvalue weighted by atomic mass is 16.5. The highest BCUT2D eigenvalue weighted by Crippen LogP contribution is 2.65. The Morgan fingerprint density at radius 2 is 1.83 bits per heavy atom. The van der Waals surface area contributed by atoms with Crippen molar-refractivity contribution < 1.29 is 14.6 Å². The van der Waals surface area contributed by atoms with Crippen LogP contribution in [0, 0.1) is 34.5 Å². The van der Waals surface area contributed by atoms with E-state index < -0.39 is 0 Å². The van der Waals surface area contributed by atoms with Crippen molar-refractivity contribution in [2.24, 2.45) is 34.5 Å². The molecule has 3 heteroatoms. The Hall–Kier alpha value is -0.830. The Kier molecular flexibility index (Phi) is 5.57. The highest BCUT2D eigenvalue weighted by molar-refractivity contribution is 5.69. The van der Waals surface area contributed by atoms with Gasteiger partial charge in [0.25, 0.3) is 0 Å². The van der Waals surface area contributed by atoms with Crippen LogP contribution in [0.3, 0.4) is 0 Å². The summed E-state index contributed by atoms with van der Waals surface area (Å²) >= 11 is 0. The van der Waals surface area contributed by atoms with Gasteiger partial charge in [-0.2, -0.15) is 0 Å². The lowest BCUT2D eigenvalue weighted by Crippen LogP contribution is -2.51. The molecular formula is C27H42O3. The predicted molar refractivity (Wildman–Crippen MR) is 119 cm³/mol. The Balaban J connectivity index is 1.25. The molecule has 5 aliphatic carbocycles. The first-order valence-corrected chi connectivity index (χ1v) is 13.0. The zero-order chi connectivity index (χ0) is 20.9. The molecule has 4 fully saturated rings. The molecule has 0 aliphatic heterocycles. The number of allylic oxidation sites excluding steroid dienone is 1. The Morgan fingerprint density at radius 3 is 2.63 bits per heavy atom. The summed E-state index contributed by atoms with van der Waals surface area (Å²) in [6, 6.07) is 0. The normalized spacial score (nSPS) is 46.0. The monoisotopic (exact) mass is 414 g/mol. The van der Waals surface area contributed by atoms with E-state index in [1.165, 1.54) is 51.4 Å². The third-order valence-corrected chi connectivity index (χ3v) is 10.5. The Morgan fingerprint density at radius 1 is 1.03 bits per heavy atom. The van der Waals surface area contributed by atoms with Crippen LogP contribution < -0.4 is 0 Å². The van der Waals surface area contributed by atoms with E-state index in [2.05, 4.69) is 19.9 Å². The van der Waals surface area contributed by atoms with Crippen LogP contribution in [0.15, 0.2) is 11.6 Å². The SMILES string of the molecule is CC12CCC(O)C=C1CCC1C2CCC2(C)C(OC(=O)CCC3CCCC3)CCC12. The second-order valence-corrected chi connectivity index (χ2v) is 11.9. The summed E-state index contributed by atoms with van der Waals surface area (Å²) in [5, 5.41) is 10.2. The van der Waals surface area contributed by atoms with E-state index in [1.54, 1.807) is 5.57 Å². The number of hydrogen-bond donors (Lipinski definition) is 1. The van der Waals surface area contributed by atoms with Crippen LogP contribution in [0.25, 0.3) is 0 Å². The number of esters is 1. The van der Waals surface area contributed by atoms with Crippen LogP contribution in [-0.2, 0) is 9.53 Å². The first kappa shape index (κ1) is 21.0. The molecular weight excluding hydrogens is 372 g/mol. The summed E-state index contributed by atoms with van der Waals surface area (Å²) < 4.78 is 6.19. The van der Waals surface area contributed by atoms with E-state index in [4.69, 9.17) is 4.74 Å². The van der Waals surface area contributed by atoms with Gasteiger partial charge in [-0.25, -0.2) is 0 Å². The molecule has 0 bridgehead atoms. The fourth-order valence-electron chi connectivity index (χ4n) is 8.69. The van der Waals surface area contributed by atoms with Gasteiger partial charge in [0.15, 0.2) is 0 Å². The van der Waals surface area contributed by atoms with Crippen molar-refractivity contribution in [1.29, 1.82) is 0 Å². The van der Waals surface area contributed by atoms with E-state index in [0.717, 1.165) is 49.9 Å². The maximum atomic E-state index is 12.7. The average Bonchev–Trinajstić information content (AvgIpc) is 3.35. The van der Waals surface area contributed by atoms with E-state index in [1.807, 2.05) is 0 Å². The smallest absolute Gasteiger partial charge is 0.306 e. The van der Waals surface area contributed by atoms with Crippen molar-refractivity contribution in [3.63, 3.8) is 0 Å². The van der Waals surface area contributed by atoms with Gasteiger partial charge in [-0.15, -0.1) is 0 Å². The zero-order valence-corrected chi connectivity index (χ0v) is 19.2. The summed E-state index contributed by atoms with van der Waals surface area (Å²) in [4.78, 5) is 12.7. The second-order valence-electron chi connectivity index (χ2n) is 11.9. The molecule has 7 unspecified atom stereocenters. The van der Waals surface area contributed by atoms with E-state index >= 15 is 0 Å². The van der Waals surface area contributed by atoms with Gasteiger partial charge in [-0.1, -0.05) is 51.2 Å². The van der Waals surface area contributed by atoms with Gasteiger partial charge in [0, 0.05) is 11.8 Å². The van der Waals surface area contributed by atoms with Crippen LogP contribution in [0.2, 0.25) is 0 Å². The lowest BCUT2D eigenvalue weighted by atomic mass is 9.47. The standard InChI is InChI=1S/C27H42O3/c1-26-15-13-20(28)17-19(26)8-9-21-22-10-11-24(27(22,2)16-14-23(21)26)30-25(29)12-7-18-5-3-4-6-18/h17-18,20-24,28H,3-16H2,1-2H3. The van der Waals surface area contributed by atoms with E-state index in [9.17, 15) is 9.90 Å². The summed E-state index contributed by atoms with van der Waals surface area (Å²) in [5.74, 6) is 3.05. The molecule has 0 aromatic heterocycles. The first-order valence-electron chi connectivity index (χ1n) is 13.0. The highest BCUT2D eigenvalue weighted by Gasteiger charge is 2.59. The lowest BCUT2D eigenvalue weighted by molar-refractivity contribution is -0.160. The van der Waals surface area contributed by atoms with Crippen molar-refractivity contribution in [2.75, 3.05) is 0 Å². The van der Waals surface area contributed by atoms with Crippen LogP contribution in [0.4, 0.5) is 0 Å². The van der Waals surface area contributed by atoms with Crippen molar-refractivity contribution in [3.8, 4) is 0 Å². The van der Waals surface area contributed by atoms with Crippen molar-refractivity contribution in [3.05, 3.63) is 11.6 Å². The van der Waals surface area contributed by atoms with Crippen LogP contribution in [0.1, 0.15) is 104 Å². The Labute approximate surface area is 183 Å². The van der Waals surface area contributed by atoms with Crippen molar-refractivity contribution in [2.45, 2.75) is 116 Å². The second kappa shape index (κ2) is 7.94. The van der Waals surface area contributed by atoms with Gasteiger partial charge in [0.2, 0.25) is 0 Å². The number of carbonyl (C=O) groups is 1. The topological polar surface area (TPSA) is 46.5 Å². The number of ether oxygens (including phenoxy) is 1. The molecule has 0 amide bonds. The molecule has 5 aliphatic rings. The van der Waals surface area contributed by atoms with Crippen molar-refractivity contribution in [1.82, 2.24) is 0 Å². The van der Waals surface area contributed by atoms with Gasteiger partial charge in [-0.3, -0.25) is 4.79 Å². The number of fused-ring (bicyclic) bond motifs is 5. The third kappa shape index (κ3) is 3.48. The molecule has 5 rings (SSSR count). The summed E-state index contributed by atoms with van der Waals surface area (Å²) in [6.07, 6.45) is 18.3. The summed E-state index contributed by atoms with van der Waals surface area (Å²) in [7, 11) is 0. The third-order valence-electron chi connectivity index (χ3n) is 10.5. The van der Waals surface area contributed by atoms with Gasteiger partial charge < -0.3 is 9.84 Å². The minimum absolute atomic E-state index is 0.0676. The number of hydrogen-bond acceptors (Lipinski definition) is 3. The van der Waals surface area contributed by atoms with Gasteiger partial charge >= 0.3 is 5.97 Å². The summed E-state index contributed by atoms with van der Waals surface area (Å²) in [5.41, 5.74) is 2.01. The van der Waals surface area contributed by atoms with Gasteiger partial charge in [0.05, 0.1) is 6.10 Å². The molecule has 0 saturated heterocycles. The molecule has 168 valence electrons. The fraction of sp³-hybridized carbons (Fsp3) is 0.889. The van der Waals surface area contributed by atoms with Crippen LogP contribution in [0.5, 0.6) is 0 Å². The Bertz CT molecular complexity index is 692. The first-order chi connectivity index (χ1) is 14.4. The number of carbonyl (C=O) groups excluding carboxylic acids is 1. The molecule has 1 N–H and O–H groups in total. The number of aliphatic hydroxyl groups is 1. The summed E-state index contributed by atoms with van der Waals surface area (Å²) in [6.45, 7) is 4.92. The van der Waals surface area contributed by atoms with Gasteiger partial charge in [-0.05, 0) is 86.9 Å². The molecule has 7 atom stereocenters. The zero-order valence-electron chi connectivity index (χ0n) is 19.2. The van der Waals surface area contributed by atoms with E-state index in [0.29, 0.717) is 17.8 Å². The van der Waals surface area contributed by atoms with E-state index in [-0.39, 0.29) is 23.6 Å². The maximum absolute atomic E-state index is 12.7. The quantitative estimate of drug-likeness (QED) is 0.440. The number of aliphatic hydroxyl groups excluding tert-OH is 1. The molecule has 3 nitrogen and oxygen atoms in total. The van der Waals surface area contributed by atoms with Crippen LogP contribution in [-0.4, -0.2) is 23.3 Å². The minimum Gasteiger partial charge on any atom is -0.462 e. The molecule has 0 aromatic rings. The molecule has 0 aromatic carbocycles. The number of rotatable bonds is 4. The molecule has 0 radical (unpaired) electrons. The maximum Gasteiger partial charge on any atom is 0.306 e. The average molecular weight is 415 g/mol. The minimum atomic E-state index is -0.224. The fourth-order valence-corrected chi connectivity index (χ4v) is 8.69. The van der Waals surface area contributed by atoms with Crippen LogP contribution >= 0.6 is 0 Å². The molecule has 30 heavy (non-hydrogen) atoms. The van der Waals surface area contributed by atoms with Gasteiger partial charge in [0.1, 0.15) is 6.10 Å². The largest absolute Gasteiger partial charge is 0.462 e. The molecule has 0 heterocycles. The lowest BCUT2D eigenvalue weighted by Gasteiger charge is -2.58. The van der Waals surface area contributed by atoms with Crippen molar-refractivity contribution >= 4 is 5.97 Å². The molecule has 4 saturated carbocycles. The molecule has 0 spiro atoms. The predicted octanol–water partition coefficient (Wildman–Crippen LogP) is 6.19.